The Morgan fingerprint density at radius 2 is 1.67 bits per heavy atom. The van der Waals surface area contributed by atoms with Crippen LogP contribution in [-0.2, 0) is 24.3 Å². The third-order valence-electron chi connectivity index (χ3n) is 7.73. The lowest BCUT2D eigenvalue weighted by Crippen LogP contribution is -2.29. The Balaban J connectivity index is 1.20. The standard InChI is InChI=1S/C37H32N4O2S2/c1-25-15-17-28(18-16-25)35(42)39-29-13-8-14-30(21-29)44-34(27-11-6-3-7-12-27)36(43)40-37-32(22-38)31-19-20-41(24-33(31)45-37)23-26-9-4-2-5-10-26/h2-18,21,34H,19-20,23-24H2,1H3,(H,39,42)(H,40,43). The van der Waals surface area contributed by atoms with Gasteiger partial charge in [-0.15, -0.1) is 23.1 Å². The lowest BCUT2D eigenvalue weighted by atomic mass is 10.0. The summed E-state index contributed by atoms with van der Waals surface area (Å²) in [5.74, 6) is -0.390. The molecule has 5 aromatic rings. The zero-order valence-corrected chi connectivity index (χ0v) is 26.5. The summed E-state index contributed by atoms with van der Waals surface area (Å²) in [6.45, 7) is 4.44. The van der Waals surface area contributed by atoms with Gasteiger partial charge in [-0.05, 0) is 60.4 Å². The molecule has 6 nitrogen and oxygen atoms in total. The number of nitrogens with one attached hydrogen (secondary N) is 2. The first-order valence-corrected chi connectivity index (χ1v) is 16.5. The summed E-state index contributed by atoms with van der Waals surface area (Å²) >= 11 is 2.91. The molecular formula is C37H32N4O2S2. The summed E-state index contributed by atoms with van der Waals surface area (Å²) in [4.78, 5) is 31.2. The predicted molar refractivity (Wildman–Crippen MR) is 183 cm³/mol. The van der Waals surface area contributed by atoms with Crippen molar-refractivity contribution in [2.24, 2.45) is 0 Å². The number of anilines is 2. The molecule has 1 unspecified atom stereocenters. The summed E-state index contributed by atoms with van der Waals surface area (Å²) in [6, 6.07) is 37.3. The highest BCUT2D eigenvalue weighted by atomic mass is 32.2. The van der Waals surface area contributed by atoms with Crippen LogP contribution < -0.4 is 10.6 Å². The molecule has 2 heterocycles. The molecule has 45 heavy (non-hydrogen) atoms. The van der Waals surface area contributed by atoms with Crippen LogP contribution in [0.2, 0.25) is 0 Å². The average Bonchev–Trinajstić information content (AvgIpc) is 3.40. The van der Waals surface area contributed by atoms with Gasteiger partial charge in [-0.1, -0.05) is 84.4 Å². The van der Waals surface area contributed by atoms with E-state index in [1.807, 2.05) is 79.7 Å². The number of fused-ring (bicyclic) bond motifs is 1. The molecule has 1 aromatic heterocycles. The largest absolute Gasteiger partial charge is 0.322 e. The van der Waals surface area contributed by atoms with Gasteiger partial charge in [-0.25, -0.2) is 0 Å². The molecule has 0 bridgehead atoms. The minimum absolute atomic E-state index is 0.192. The number of carbonyl (C=O) groups excluding carboxylic acids is 2. The van der Waals surface area contributed by atoms with Gasteiger partial charge in [0.15, 0.2) is 0 Å². The summed E-state index contributed by atoms with van der Waals surface area (Å²) < 4.78 is 0. The minimum Gasteiger partial charge on any atom is -0.322 e. The molecule has 0 fully saturated rings. The minimum atomic E-state index is -0.575. The highest BCUT2D eigenvalue weighted by Gasteiger charge is 2.28. The van der Waals surface area contributed by atoms with E-state index in [1.54, 1.807) is 12.1 Å². The Bertz CT molecular complexity index is 1850. The summed E-state index contributed by atoms with van der Waals surface area (Å²) in [6.07, 6.45) is 0.773. The highest BCUT2D eigenvalue weighted by molar-refractivity contribution is 8.00. The number of amides is 2. The Kier molecular flexibility index (Phi) is 9.41. The zero-order valence-electron chi connectivity index (χ0n) is 24.8. The van der Waals surface area contributed by atoms with Gasteiger partial charge in [0.1, 0.15) is 16.3 Å². The zero-order chi connectivity index (χ0) is 31.2. The van der Waals surface area contributed by atoms with E-state index < -0.39 is 5.25 Å². The molecule has 6 rings (SSSR count). The maximum absolute atomic E-state index is 14.0. The van der Waals surface area contributed by atoms with Gasteiger partial charge in [0.05, 0.1) is 5.56 Å². The quantitative estimate of drug-likeness (QED) is 0.161. The average molecular weight is 629 g/mol. The van der Waals surface area contributed by atoms with Crippen LogP contribution in [0.5, 0.6) is 0 Å². The Morgan fingerprint density at radius 1 is 0.933 bits per heavy atom. The van der Waals surface area contributed by atoms with Crippen molar-refractivity contribution in [3.05, 3.63) is 147 Å². The van der Waals surface area contributed by atoms with E-state index in [4.69, 9.17) is 0 Å². The van der Waals surface area contributed by atoms with Gasteiger partial charge >= 0.3 is 0 Å². The molecule has 8 heteroatoms. The van der Waals surface area contributed by atoms with Gasteiger partial charge in [-0.2, -0.15) is 5.26 Å². The molecule has 1 aliphatic rings. The van der Waals surface area contributed by atoms with Crippen LogP contribution in [0, 0.1) is 18.3 Å². The second-order valence-electron chi connectivity index (χ2n) is 11.0. The number of aryl methyl sites for hydroxylation is 1. The van der Waals surface area contributed by atoms with Crippen LogP contribution in [0.4, 0.5) is 10.7 Å². The van der Waals surface area contributed by atoms with Gasteiger partial charge < -0.3 is 10.6 Å². The first-order valence-electron chi connectivity index (χ1n) is 14.8. The summed E-state index contributed by atoms with van der Waals surface area (Å²) in [5.41, 5.74) is 6.04. The van der Waals surface area contributed by atoms with Crippen LogP contribution in [0.25, 0.3) is 0 Å². The fourth-order valence-electron chi connectivity index (χ4n) is 5.41. The first-order chi connectivity index (χ1) is 22.0. The summed E-state index contributed by atoms with van der Waals surface area (Å²) in [5, 5.41) is 16.2. The Morgan fingerprint density at radius 3 is 2.40 bits per heavy atom. The number of thiophene rings is 1. The van der Waals surface area contributed by atoms with Crippen LogP contribution in [-0.4, -0.2) is 23.3 Å². The monoisotopic (exact) mass is 628 g/mol. The van der Waals surface area contributed by atoms with E-state index in [1.165, 1.54) is 28.7 Å². The van der Waals surface area contributed by atoms with Crippen molar-refractivity contribution in [1.82, 2.24) is 4.90 Å². The number of thioether (sulfide) groups is 1. The molecule has 0 spiro atoms. The lowest BCUT2D eigenvalue weighted by Gasteiger charge is -2.26. The van der Waals surface area contributed by atoms with Crippen LogP contribution in [0.15, 0.2) is 114 Å². The number of benzene rings is 4. The molecule has 0 saturated carbocycles. The van der Waals surface area contributed by atoms with Gasteiger partial charge in [-0.3, -0.25) is 14.5 Å². The van der Waals surface area contributed by atoms with Crippen molar-refractivity contribution in [1.29, 1.82) is 5.26 Å². The first kappa shape index (κ1) is 30.4. The Hall–Kier alpha value is -4.68. The topological polar surface area (TPSA) is 85.2 Å². The maximum atomic E-state index is 14.0. The molecule has 0 aliphatic carbocycles. The molecule has 1 aliphatic heterocycles. The van der Waals surface area contributed by atoms with Crippen LogP contribution in [0.1, 0.15) is 48.3 Å². The van der Waals surface area contributed by atoms with E-state index in [-0.39, 0.29) is 11.8 Å². The van der Waals surface area contributed by atoms with Gasteiger partial charge in [0, 0.05) is 40.7 Å². The predicted octanol–water partition coefficient (Wildman–Crippen LogP) is 8.21. The van der Waals surface area contributed by atoms with Crippen molar-refractivity contribution in [3.63, 3.8) is 0 Å². The molecule has 1 atom stereocenters. The van der Waals surface area contributed by atoms with Crippen molar-refractivity contribution in [2.45, 2.75) is 36.6 Å². The number of nitriles is 1. The number of hydrogen-bond acceptors (Lipinski definition) is 6. The third-order valence-corrected chi connectivity index (χ3v) is 10.1. The fourth-order valence-corrected chi connectivity index (χ4v) is 7.74. The number of carbonyl (C=O) groups is 2. The van der Waals surface area contributed by atoms with E-state index in [0.29, 0.717) is 21.8 Å². The molecule has 224 valence electrons. The number of rotatable bonds is 9. The van der Waals surface area contributed by atoms with Gasteiger partial charge in [0.2, 0.25) is 5.91 Å². The van der Waals surface area contributed by atoms with Crippen LogP contribution >= 0.6 is 23.1 Å². The molecule has 4 aromatic carbocycles. The van der Waals surface area contributed by atoms with Crippen molar-refractivity contribution < 1.29 is 9.59 Å². The Labute approximate surface area is 271 Å². The number of hydrogen-bond donors (Lipinski definition) is 2. The van der Waals surface area contributed by atoms with E-state index >= 15 is 0 Å². The van der Waals surface area contributed by atoms with Crippen molar-refractivity contribution >= 4 is 45.6 Å². The van der Waals surface area contributed by atoms with Crippen LogP contribution in [0.3, 0.4) is 0 Å². The third kappa shape index (κ3) is 7.35. The second-order valence-corrected chi connectivity index (χ2v) is 13.3. The highest BCUT2D eigenvalue weighted by Crippen LogP contribution is 2.41. The molecule has 0 radical (unpaired) electrons. The molecular weight excluding hydrogens is 597 g/mol. The SMILES string of the molecule is Cc1ccc(C(=O)Nc2cccc(SC(C(=O)Nc3sc4c(c3C#N)CCN(Cc3ccccc3)C4)c3ccccc3)c2)cc1. The van der Waals surface area contributed by atoms with E-state index in [2.05, 4.69) is 45.9 Å². The molecule has 0 saturated heterocycles. The fraction of sp³-hybridized carbons (Fsp3) is 0.162. The van der Waals surface area contributed by atoms with Crippen molar-refractivity contribution in [2.75, 3.05) is 17.2 Å². The van der Waals surface area contributed by atoms with E-state index in [9.17, 15) is 14.9 Å². The van der Waals surface area contributed by atoms with Gasteiger partial charge in [0.25, 0.3) is 5.91 Å². The van der Waals surface area contributed by atoms with Crippen molar-refractivity contribution in [3.8, 4) is 6.07 Å². The second kappa shape index (κ2) is 14.0. The van der Waals surface area contributed by atoms with E-state index in [0.717, 1.165) is 52.5 Å². The lowest BCUT2D eigenvalue weighted by molar-refractivity contribution is -0.115. The summed E-state index contributed by atoms with van der Waals surface area (Å²) in [7, 11) is 0. The molecule has 2 amide bonds. The maximum Gasteiger partial charge on any atom is 0.255 e. The smallest absolute Gasteiger partial charge is 0.255 e. The molecule has 2 N–H and O–H groups in total. The normalized spacial score (nSPS) is 13.3. The number of nitrogens with zero attached hydrogens (tertiary/aromatic N) is 2.